The first-order valence-corrected chi connectivity index (χ1v) is 8.62. The fraction of sp³-hybridized carbons (Fsp3) is 0.300. The smallest absolute Gasteiger partial charge is 0.292 e. The van der Waals surface area contributed by atoms with E-state index in [2.05, 4.69) is 5.32 Å². The van der Waals surface area contributed by atoms with Crippen LogP contribution in [-0.2, 0) is 9.59 Å². The van der Waals surface area contributed by atoms with E-state index in [4.69, 9.17) is 4.74 Å². The van der Waals surface area contributed by atoms with Crippen LogP contribution in [0.3, 0.4) is 0 Å². The number of ether oxygens (including phenoxy) is 1. The highest BCUT2D eigenvalue weighted by Gasteiger charge is 2.35. The van der Waals surface area contributed by atoms with Gasteiger partial charge in [-0.1, -0.05) is 37.3 Å². The predicted molar refractivity (Wildman–Crippen MR) is 101 cm³/mol. The van der Waals surface area contributed by atoms with Gasteiger partial charge in [-0.05, 0) is 36.2 Å². The van der Waals surface area contributed by atoms with Crippen molar-refractivity contribution in [3.05, 3.63) is 70.3 Å². The Morgan fingerprint density at radius 3 is 2.26 bits per heavy atom. The van der Waals surface area contributed by atoms with Gasteiger partial charge in [-0.25, -0.2) is 0 Å². The standard InChI is InChI=1S/C20H22N2O5/c1-3-17(19(23)20(24)21-15-7-5-4-6-8-15)18(13-22(25)26)14-9-11-16(27-2)12-10-14/h4-12,17-18H,3,13H2,1-2H3,(H,21,24)/t17-,18+/m1/s1. The van der Waals surface area contributed by atoms with Crippen molar-refractivity contribution in [1.82, 2.24) is 0 Å². The summed E-state index contributed by atoms with van der Waals surface area (Å²) in [6.45, 7) is 1.31. The zero-order chi connectivity index (χ0) is 19.8. The minimum absolute atomic E-state index is 0.311. The molecule has 0 radical (unpaired) electrons. The molecule has 0 heterocycles. The number of Topliss-reactive ketones (excluding diaryl/α,β-unsaturated/α-hetero) is 1. The number of hydrogen-bond donors (Lipinski definition) is 1. The fourth-order valence-electron chi connectivity index (χ4n) is 3.01. The molecule has 0 aliphatic heterocycles. The summed E-state index contributed by atoms with van der Waals surface area (Å²) >= 11 is 0. The summed E-state index contributed by atoms with van der Waals surface area (Å²) in [5, 5.41) is 13.7. The number of nitrogens with zero attached hydrogens (tertiary/aromatic N) is 1. The topological polar surface area (TPSA) is 98.5 Å². The third kappa shape index (κ3) is 5.37. The van der Waals surface area contributed by atoms with Crippen LogP contribution in [0.5, 0.6) is 5.75 Å². The number of rotatable bonds is 9. The van der Waals surface area contributed by atoms with Crippen molar-refractivity contribution in [3.63, 3.8) is 0 Å². The van der Waals surface area contributed by atoms with Crippen molar-refractivity contribution in [1.29, 1.82) is 0 Å². The molecule has 27 heavy (non-hydrogen) atoms. The molecule has 2 aromatic rings. The SMILES string of the molecule is CC[C@@H](C(=O)C(=O)Nc1ccccc1)[C@@H](C[N+](=O)[O-])c1ccc(OC)cc1. The Balaban J connectivity index is 2.25. The van der Waals surface area contributed by atoms with E-state index in [1.165, 1.54) is 7.11 Å². The first kappa shape index (κ1) is 20.1. The lowest BCUT2D eigenvalue weighted by Gasteiger charge is -2.22. The van der Waals surface area contributed by atoms with Crippen molar-refractivity contribution in [2.24, 2.45) is 5.92 Å². The van der Waals surface area contributed by atoms with E-state index in [0.717, 1.165) is 0 Å². The molecule has 2 rings (SSSR count). The number of anilines is 1. The Hall–Kier alpha value is -3.22. The Morgan fingerprint density at radius 2 is 1.74 bits per heavy atom. The number of nitrogens with one attached hydrogen (secondary N) is 1. The number of nitro groups is 1. The van der Waals surface area contributed by atoms with Crippen LogP contribution in [-0.4, -0.2) is 30.3 Å². The number of ketones is 1. The molecule has 2 aromatic carbocycles. The van der Waals surface area contributed by atoms with Gasteiger partial charge in [0.1, 0.15) is 5.75 Å². The van der Waals surface area contributed by atoms with Crippen LogP contribution in [0.4, 0.5) is 5.69 Å². The van der Waals surface area contributed by atoms with E-state index in [1.807, 2.05) is 0 Å². The third-order valence-corrected chi connectivity index (χ3v) is 4.41. The van der Waals surface area contributed by atoms with Gasteiger partial charge in [0.25, 0.3) is 5.91 Å². The van der Waals surface area contributed by atoms with E-state index in [9.17, 15) is 19.7 Å². The van der Waals surface area contributed by atoms with Gasteiger partial charge in [-0.2, -0.15) is 0 Å². The number of amides is 1. The first-order chi connectivity index (χ1) is 13.0. The normalized spacial score (nSPS) is 12.7. The van der Waals surface area contributed by atoms with Crippen LogP contribution < -0.4 is 10.1 Å². The predicted octanol–water partition coefficient (Wildman–Crippen LogP) is 3.29. The van der Waals surface area contributed by atoms with Crippen LogP contribution in [0, 0.1) is 16.0 Å². The average molecular weight is 370 g/mol. The molecule has 0 saturated heterocycles. The van der Waals surface area contributed by atoms with Crippen molar-refractivity contribution in [2.75, 3.05) is 19.0 Å². The van der Waals surface area contributed by atoms with Crippen molar-refractivity contribution < 1.29 is 19.2 Å². The minimum atomic E-state index is -0.799. The van der Waals surface area contributed by atoms with Crippen LogP contribution in [0.15, 0.2) is 54.6 Å². The average Bonchev–Trinajstić information content (AvgIpc) is 2.68. The highest BCUT2D eigenvalue weighted by atomic mass is 16.6. The van der Waals surface area contributed by atoms with Gasteiger partial charge < -0.3 is 10.1 Å². The fourth-order valence-corrected chi connectivity index (χ4v) is 3.01. The molecule has 142 valence electrons. The van der Waals surface area contributed by atoms with Gasteiger partial charge >= 0.3 is 0 Å². The molecule has 0 unspecified atom stereocenters. The summed E-state index contributed by atoms with van der Waals surface area (Å²) in [6, 6.07) is 15.4. The number of hydrogen-bond acceptors (Lipinski definition) is 5. The zero-order valence-electron chi connectivity index (χ0n) is 15.3. The molecule has 0 aromatic heterocycles. The summed E-state index contributed by atoms with van der Waals surface area (Å²) < 4.78 is 5.10. The lowest BCUT2D eigenvalue weighted by atomic mass is 9.81. The van der Waals surface area contributed by atoms with Crippen LogP contribution in [0.2, 0.25) is 0 Å². The molecule has 0 bridgehead atoms. The second kappa shape index (κ2) is 9.47. The number of benzene rings is 2. The molecule has 7 nitrogen and oxygen atoms in total. The second-order valence-corrected chi connectivity index (χ2v) is 6.09. The maximum Gasteiger partial charge on any atom is 0.292 e. The summed E-state index contributed by atoms with van der Waals surface area (Å²) in [5.41, 5.74) is 1.13. The molecular weight excluding hydrogens is 348 g/mol. The quantitative estimate of drug-likeness (QED) is 0.415. The molecule has 7 heteroatoms. The van der Waals surface area contributed by atoms with Crippen LogP contribution >= 0.6 is 0 Å². The van der Waals surface area contributed by atoms with E-state index in [0.29, 0.717) is 23.4 Å². The summed E-state index contributed by atoms with van der Waals surface area (Å²) in [6.07, 6.45) is 0.311. The van der Waals surface area contributed by atoms with Crippen molar-refractivity contribution in [3.8, 4) is 5.75 Å². The van der Waals surface area contributed by atoms with Gasteiger partial charge in [-0.15, -0.1) is 0 Å². The summed E-state index contributed by atoms with van der Waals surface area (Å²) in [7, 11) is 1.52. The lowest BCUT2D eigenvalue weighted by Crippen LogP contribution is -2.35. The van der Waals surface area contributed by atoms with Gasteiger partial charge in [0.2, 0.25) is 12.3 Å². The number of para-hydroxylation sites is 1. The molecule has 1 N–H and O–H groups in total. The number of carbonyl (C=O) groups is 2. The second-order valence-electron chi connectivity index (χ2n) is 6.09. The largest absolute Gasteiger partial charge is 0.497 e. The van der Waals surface area contributed by atoms with Crippen LogP contribution in [0.25, 0.3) is 0 Å². The van der Waals surface area contributed by atoms with E-state index in [1.54, 1.807) is 61.5 Å². The van der Waals surface area contributed by atoms with Crippen LogP contribution in [0.1, 0.15) is 24.8 Å². The Bertz CT molecular complexity index is 790. The Labute approximate surface area is 157 Å². The van der Waals surface area contributed by atoms with Gasteiger partial charge in [0.15, 0.2) is 0 Å². The number of carbonyl (C=O) groups excluding carboxylic acids is 2. The van der Waals surface area contributed by atoms with Crippen molar-refractivity contribution >= 4 is 17.4 Å². The molecule has 0 aliphatic rings. The summed E-state index contributed by atoms with van der Waals surface area (Å²) in [5.74, 6) is -2.32. The van der Waals surface area contributed by atoms with E-state index >= 15 is 0 Å². The third-order valence-electron chi connectivity index (χ3n) is 4.41. The molecule has 2 atom stereocenters. The van der Waals surface area contributed by atoms with Gasteiger partial charge in [-0.3, -0.25) is 19.7 Å². The summed E-state index contributed by atoms with van der Waals surface area (Å²) in [4.78, 5) is 35.8. The van der Waals surface area contributed by atoms with Gasteiger partial charge in [0.05, 0.1) is 13.0 Å². The van der Waals surface area contributed by atoms with Gasteiger partial charge in [0, 0.05) is 16.5 Å². The molecular formula is C20H22N2O5. The highest BCUT2D eigenvalue weighted by Crippen LogP contribution is 2.30. The maximum atomic E-state index is 12.7. The Kier molecular flexibility index (Phi) is 7.05. The molecule has 0 fully saturated rings. The lowest BCUT2D eigenvalue weighted by molar-refractivity contribution is -0.484. The minimum Gasteiger partial charge on any atom is -0.497 e. The van der Waals surface area contributed by atoms with E-state index < -0.39 is 35.0 Å². The molecule has 1 amide bonds. The van der Waals surface area contributed by atoms with E-state index in [-0.39, 0.29) is 0 Å². The molecule has 0 aliphatic carbocycles. The zero-order valence-corrected chi connectivity index (χ0v) is 15.3. The number of methoxy groups -OCH3 is 1. The molecule has 0 spiro atoms. The first-order valence-electron chi connectivity index (χ1n) is 8.62. The Morgan fingerprint density at radius 1 is 1.11 bits per heavy atom. The highest BCUT2D eigenvalue weighted by molar-refractivity contribution is 6.41. The maximum absolute atomic E-state index is 12.7. The van der Waals surface area contributed by atoms with Crippen molar-refractivity contribution in [2.45, 2.75) is 19.3 Å². The monoisotopic (exact) mass is 370 g/mol. The molecule has 0 saturated carbocycles.